The maximum atomic E-state index is 13.8. The summed E-state index contributed by atoms with van der Waals surface area (Å²) in [5.74, 6) is 0. The van der Waals surface area contributed by atoms with Crippen LogP contribution in [0.15, 0.2) is 66.9 Å². The molecule has 0 unspecified atom stereocenters. The number of hydrogen-bond donors (Lipinski definition) is 0. The van der Waals surface area contributed by atoms with Crippen molar-refractivity contribution in [3.63, 3.8) is 0 Å². The zero-order chi connectivity index (χ0) is 20.3. The summed E-state index contributed by atoms with van der Waals surface area (Å²) in [6.07, 6.45) is -2.90. The summed E-state index contributed by atoms with van der Waals surface area (Å²) < 4.78 is 43.3. The van der Waals surface area contributed by atoms with E-state index in [4.69, 9.17) is 0 Å². The molecule has 0 aliphatic carbocycles. The molecule has 5 aromatic rings. The van der Waals surface area contributed by atoms with Gasteiger partial charge in [-0.25, -0.2) is 4.98 Å². The van der Waals surface area contributed by atoms with Crippen LogP contribution in [0.4, 0.5) is 13.2 Å². The first kappa shape index (κ1) is 17.7. The summed E-state index contributed by atoms with van der Waals surface area (Å²) in [7, 11) is 0. The van der Waals surface area contributed by atoms with Crippen molar-refractivity contribution >= 4 is 27.3 Å². The molecule has 144 valence electrons. The smallest absolute Gasteiger partial charge is 0.292 e. The van der Waals surface area contributed by atoms with E-state index in [0.29, 0.717) is 16.9 Å². The van der Waals surface area contributed by atoms with Crippen LogP contribution in [0.25, 0.3) is 38.6 Å². The molecule has 0 saturated carbocycles. The first-order valence-electron chi connectivity index (χ1n) is 9.32. The predicted molar refractivity (Wildman–Crippen MR) is 110 cm³/mol. The SMILES string of the molecule is Cc1ccc2c(c1)c1ccccc1c1ncc(-c3c(C)cccc3C(F)(F)F)n21. The molecule has 0 radical (unpaired) electrons. The molecule has 0 bridgehead atoms. The standard InChI is InChI=1S/C24H17F3N2/c1-14-10-11-20-18(12-14)16-7-3-4-8-17(16)23-28-13-21(29(20)23)22-15(2)6-5-9-19(22)24(25,26)27/h3-13H,1-2H3. The highest BCUT2D eigenvalue weighted by Gasteiger charge is 2.35. The molecule has 0 fully saturated rings. The number of hydrogen-bond acceptors (Lipinski definition) is 1. The van der Waals surface area contributed by atoms with Crippen LogP contribution in [0, 0.1) is 13.8 Å². The Kier molecular flexibility index (Phi) is 3.72. The highest BCUT2D eigenvalue weighted by Crippen LogP contribution is 2.41. The Morgan fingerprint density at radius 2 is 1.59 bits per heavy atom. The van der Waals surface area contributed by atoms with Gasteiger partial charge in [0.25, 0.3) is 0 Å². The average Bonchev–Trinajstić information content (AvgIpc) is 3.12. The van der Waals surface area contributed by atoms with Crippen molar-refractivity contribution in [1.29, 1.82) is 0 Å². The van der Waals surface area contributed by atoms with Crippen LogP contribution >= 0.6 is 0 Å². The molecule has 0 saturated heterocycles. The van der Waals surface area contributed by atoms with Gasteiger partial charge >= 0.3 is 6.18 Å². The van der Waals surface area contributed by atoms with Gasteiger partial charge in [-0.1, -0.05) is 48.0 Å². The Hall–Kier alpha value is -3.34. The van der Waals surface area contributed by atoms with E-state index >= 15 is 0 Å². The maximum Gasteiger partial charge on any atom is 0.417 e. The topological polar surface area (TPSA) is 17.3 Å². The summed E-state index contributed by atoms with van der Waals surface area (Å²) in [5, 5.41) is 2.95. The minimum absolute atomic E-state index is 0.171. The number of imidazole rings is 1. The fraction of sp³-hybridized carbons (Fsp3) is 0.125. The molecular formula is C24H17F3N2. The van der Waals surface area contributed by atoms with Gasteiger partial charge in [0, 0.05) is 16.3 Å². The van der Waals surface area contributed by atoms with E-state index in [1.165, 1.54) is 6.07 Å². The number of fused-ring (bicyclic) bond motifs is 6. The quantitative estimate of drug-likeness (QED) is 0.283. The molecule has 2 nitrogen and oxygen atoms in total. The summed E-state index contributed by atoms with van der Waals surface area (Å²) >= 11 is 0. The van der Waals surface area contributed by atoms with E-state index in [2.05, 4.69) is 11.1 Å². The van der Waals surface area contributed by atoms with Crippen molar-refractivity contribution in [2.45, 2.75) is 20.0 Å². The van der Waals surface area contributed by atoms with Gasteiger partial charge < -0.3 is 0 Å². The average molecular weight is 390 g/mol. The monoisotopic (exact) mass is 390 g/mol. The van der Waals surface area contributed by atoms with E-state index in [1.54, 1.807) is 19.2 Å². The minimum Gasteiger partial charge on any atom is -0.292 e. The molecule has 0 amide bonds. The first-order valence-corrected chi connectivity index (χ1v) is 9.32. The van der Waals surface area contributed by atoms with Crippen LogP contribution in [0.5, 0.6) is 0 Å². The van der Waals surface area contributed by atoms with Crippen LogP contribution in [0.1, 0.15) is 16.7 Å². The second-order valence-electron chi connectivity index (χ2n) is 7.36. The zero-order valence-electron chi connectivity index (χ0n) is 15.9. The number of alkyl halides is 3. The van der Waals surface area contributed by atoms with E-state index in [9.17, 15) is 13.2 Å². The van der Waals surface area contributed by atoms with Crippen molar-refractivity contribution in [3.05, 3.63) is 83.6 Å². The van der Waals surface area contributed by atoms with Gasteiger partial charge in [0.05, 0.1) is 23.0 Å². The fourth-order valence-corrected chi connectivity index (χ4v) is 4.18. The highest BCUT2D eigenvalue weighted by atomic mass is 19.4. The lowest BCUT2D eigenvalue weighted by Gasteiger charge is -2.17. The van der Waals surface area contributed by atoms with Gasteiger partial charge in [-0.05, 0) is 43.0 Å². The Morgan fingerprint density at radius 3 is 2.34 bits per heavy atom. The highest BCUT2D eigenvalue weighted by molar-refractivity contribution is 6.12. The molecule has 0 aliphatic rings. The summed E-state index contributed by atoms with van der Waals surface area (Å²) in [6.45, 7) is 3.72. The number of aromatic nitrogens is 2. The van der Waals surface area contributed by atoms with Crippen LogP contribution < -0.4 is 0 Å². The lowest BCUT2D eigenvalue weighted by atomic mass is 9.98. The Morgan fingerprint density at radius 1 is 0.828 bits per heavy atom. The molecule has 3 aromatic carbocycles. The van der Waals surface area contributed by atoms with Crippen LogP contribution in [-0.2, 0) is 6.18 Å². The van der Waals surface area contributed by atoms with Crippen LogP contribution in [-0.4, -0.2) is 9.38 Å². The second-order valence-corrected chi connectivity index (χ2v) is 7.36. The molecule has 5 rings (SSSR count). The number of nitrogens with zero attached hydrogens (tertiary/aromatic N) is 2. The largest absolute Gasteiger partial charge is 0.417 e. The Balaban J connectivity index is 2.01. The summed E-state index contributed by atoms with van der Waals surface area (Å²) in [6, 6.07) is 18.2. The molecule has 2 heterocycles. The third-order valence-corrected chi connectivity index (χ3v) is 5.45. The van der Waals surface area contributed by atoms with Gasteiger partial charge in [0.1, 0.15) is 5.65 Å². The van der Waals surface area contributed by atoms with Crippen molar-refractivity contribution in [3.8, 4) is 11.3 Å². The van der Waals surface area contributed by atoms with Crippen molar-refractivity contribution in [2.75, 3.05) is 0 Å². The molecule has 0 aliphatic heterocycles. The van der Waals surface area contributed by atoms with E-state index in [1.807, 2.05) is 47.7 Å². The van der Waals surface area contributed by atoms with E-state index in [0.717, 1.165) is 33.3 Å². The van der Waals surface area contributed by atoms with Crippen molar-refractivity contribution in [2.24, 2.45) is 0 Å². The molecular weight excluding hydrogens is 373 g/mol. The lowest BCUT2D eigenvalue weighted by molar-refractivity contribution is -0.137. The number of pyridine rings is 1. The third kappa shape index (κ3) is 2.61. The Bertz CT molecular complexity index is 1410. The van der Waals surface area contributed by atoms with Gasteiger partial charge in [0.2, 0.25) is 0 Å². The minimum atomic E-state index is -4.45. The predicted octanol–water partition coefficient (Wildman–Crippen LogP) is 6.94. The van der Waals surface area contributed by atoms with Crippen LogP contribution in [0.3, 0.4) is 0 Å². The van der Waals surface area contributed by atoms with Crippen molar-refractivity contribution < 1.29 is 13.2 Å². The summed E-state index contributed by atoms with van der Waals surface area (Å²) in [4.78, 5) is 4.56. The Labute approximate surface area is 165 Å². The normalized spacial score (nSPS) is 12.3. The molecule has 29 heavy (non-hydrogen) atoms. The molecule has 0 atom stereocenters. The number of aryl methyl sites for hydroxylation is 2. The fourth-order valence-electron chi connectivity index (χ4n) is 4.18. The summed E-state index contributed by atoms with van der Waals surface area (Å²) in [5.41, 5.74) is 3.13. The molecule has 0 spiro atoms. The zero-order valence-corrected chi connectivity index (χ0v) is 15.9. The van der Waals surface area contributed by atoms with Crippen LogP contribution in [0.2, 0.25) is 0 Å². The molecule has 0 N–H and O–H groups in total. The number of rotatable bonds is 1. The van der Waals surface area contributed by atoms with Crippen molar-refractivity contribution in [1.82, 2.24) is 9.38 Å². The van der Waals surface area contributed by atoms with Gasteiger partial charge in [-0.15, -0.1) is 0 Å². The van der Waals surface area contributed by atoms with Gasteiger partial charge in [-0.2, -0.15) is 13.2 Å². The number of halogens is 3. The lowest BCUT2D eigenvalue weighted by Crippen LogP contribution is -2.09. The first-order chi connectivity index (χ1) is 13.9. The second kappa shape index (κ2) is 6.08. The molecule has 2 aromatic heterocycles. The molecule has 5 heteroatoms. The van der Waals surface area contributed by atoms with Gasteiger partial charge in [0.15, 0.2) is 0 Å². The van der Waals surface area contributed by atoms with Gasteiger partial charge in [-0.3, -0.25) is 4.40 Å². The maximum absolute atomic E-state index is 13.8. The third-order valence-electron chi connectivity index (χ3n) is 5.45. The van der Waals surface area contributed by atoms with E-state index < -0.39 is 11.7 Å². The number of benzene rings is 3. The van der Waals surface area contributed by atoms with E-state index in [-0.39, 0.29) is 5.56 Å².